The first kappa shape index (κ1) is 22.9. The highest BCUT2D eigenvalue weighted by atomic mass is 16.5. The van der Waals surface area contributed by atoms with Crippen molar-refractivity contribution in [3.8, 4) is 28.6 Å². The third-order valence-corrected chi connectivity index (χ3v) is 6.50. The largest absolute Gasteiger partial charge is 0.497 e. The molecule has 0 saturated heterocycles. The lowest BCUT2D eigenvalue weighted by Gasteiger charge is -2.18. The summed E-state index contributed by atoms with van der Waals surface area (Å²) >= 11 is 0. The Bertz CT molecular complexity index is 1410. The van der Waals surface area contributed by atoms with Gasteiger partial charge in [0.15, 0.2) is 0 Å². The first-order valence-corrected chi connectivity index (χ1v) is 11.7. The second-order valence-corrected chi connectivity index (χ2v) is 8.91. The van der Waals surface area contributed by atoms with Gasteiger partial charge < -0.3 is 19.2 Å². The Kier molecular flexibility index (Phi) is 6.17. The summed E-state index contributed by atoms with van der Waals surface area (Å²) in [6.45, 7) is 7.43. The molecule has 0 fully saturated rings. The number of benzene rings is 3. The molecule has 1 aliphatic heterocycles. The number of nitrogens with one attached hydrogen (secondary N) is 1. The molecule has 4 aromatic rings. The van der Waals surface area contributed by atoms with Gasteiger partial charge in [0, 0.05) is 37.3 Å². The highest BCUT2D eigenvalue weighted by Crippen LogP contribution is 2.32. The first-order valence-electron chi connectivity index (χ1n) is 11.7. The highest BCUT2D eigenvalue weighted by Gasteiger charge is 2.19. The fourth-order valence-corrected chi connectivity index (χ4v) is 4.78. The molecule has 0 unspecified atom stereocenters. The Hall–Kier alpha value is -3.84. The van der Waals surface area contributed by atoms with Crippen molar-refractivity contribution in [2.75, 3.05) is 27.4 Å². The molecule has 3 aromatic carbocycles. The van der Waals surface area contributed by atoms with Crippen LogP contribution in [-0.2, 0) is 13.1 Å². The van der Waals surface area contributed by atoms with E-state index in [1.54, 1.807) is 19.2 Å². The number of rotatable bonds is 7. The molecule has 0 bridgehead atoms. The number of aromatic nitrogens is 2. The summed E-state index contributed by atoms with van der Waals surface area (Å²) < 4.78 is 16.9. The third kappa shape index (κ3) is 4.47. The number of nitrogens with zero attached hydrogens (tertiary/aromatic N) is 2. The molecule has 5 rings (SSSR count). The molecule has 0 amide bonds. The maximum atomic E-state index is 12.9. The maximum absolute atomic E-state index is 12.9. The van der Waals surface area contributed by atoms with Crippen molar-refractivity contribution >= 4 is 10.9 Å². The number of ether oxygens (including phenoxy) is 3. The van der Waals surface area contributed by atoms with Crippen molar-refractivity contribution < 1.29 is 14.2 Å². The van der Waals surface area contributed by atoms with Gasteiger partial charge in [-0.15, -0.1) is 0 Å². The van der Waals surface area contributed by atoms with Gasteiger partial charge >= 0.3 is 0 Å². The lowest BCUT2D eigenvalue weighted by Crippen LogP contribution is -2.23. The quantitative estimate of drug-likeness (QED) is 0.424. The summed E-state index contributed by atoms with van der Waals surface area (Å²) in [7, 11) is 3.10. The van der Waals surface area contributed by atoms with Crippen LogP contribution in [0.4, 0.5) is 0 Å². The molecule has 7 nitrogen and oxygen atoms in total. The molecule has 0 saturated carbocycles. The van der Waals surface area contributed by atoms with Crippen molar-refractivity contribution in [2.24, 2.45) is 0 Å². The number of hydrogen-bond donors (Lipinski definition) is 1. The van der Waals surface area contributed by atoms with Crippen LogP contribution in [0.1, 0.15) is 22.3 Å². The fourth-order valence-electron chi connectivity index (χ4n) is 4.78. The first-order chi connectivity index (χ1) is 17.0. The third-order valence-electron chi connectivity index (χ3n) is 6.50. The lowest BCUT2D eigenvalue weighted by atomic mass is 10.0. The van der Waals surface area contributed by atoms with Gasteiger partial charge in [0.25, 0.3) is 5.56 Å². The second-order valence-electron chi connectivity index (χ2n) is 8.91. The van der Waals surface area contributed by atoms with Crippen molar-refractivity contribution in [1.82, 2.24) is 14.9 Å². The van der Waals surface area contributed by atoms with Crippen LogP contribution < -0.4 is 19.8 Å². The van der Waals surface area contributed by atoms with E-state index in [0.29, 0.717) is 34.8 Å². The number of hydrogen-bond acceptors (Lipinski definition) is 6. The van der Waals surface area contributed by atoms with Crippen LogP contribution in [0.25, 0.3) is 22.3 Å². The number of fused-ring (bicyclic) bond motifs is 2. The van der Waals surface area contributed by atoms with Gasteiger partial charge in [0.2, 0.25) is 0 Å². The number of H-pyrrole nitrogens is 1. The van der Waals surface area contributed by atoms with Crippen LogP contribution in [-0.4, -0.2) is 42.2 Å². The molecule has 2 heterocycles. The molecule has 1 aliphatic rings. The van der Waals surface area contributed by atoms with Gasteiger partial charge in [-0.25, -0.2) is 4.98 Å². The second kappa shape index (κ2) is 9.43. The Morgan fingerprint density at radius 3 is 2.29 bits per heavy atom. The van der Waals surface area contributed by atoms with Gasteiger partial charge in [0.1, 0.15) is 35.1 Å². The van der Waals surface area contributed by atoms with Crippen molar-refractivity contribution in [1.29, 1.82) is 0 Å². The molecule has 0 atom stereocenters. The van der Waals surface area contributed by atoms with E-state index >= 15 is 0 Å². The predicted molar refractivity (Wildman–Crippen MR) is 136 cm³/mol. The number of aromatic amines is 1. The van der Waals surface area contributed by atoms with E-state index in [4.69, 9.17) is 19.2 Å². The molecule has 180 valence electrons. The number of aryl methyl sites for hydroxylation is 2. The Labute approximate surface area is 204 Å². The van der Waals surface area contributed by atoms with Gasteiger partial charge in [-0.05, 0) is 48.2 Å². The SMILES string of the molecule is COc1cc(OC)c2c(=O)[nH]c(-c3cc(C)c(OCCN4Cc5ccccc5C4)c(C)c3)nc2c1. The van der Waals surface area contributed by atoms with Gasteiger partial charge in [-0.3, -0.25) is 9.69 Å². The zero-order valence-electron chi connectivity index (χ0n) is 20.5. The van der Waals surface area contributed by atoms with Gasteiger partial charge in [0.05, 0.1) is 19.7 Å². The van der Waals surface area contributed by atoms with E-state index in [9.17, 15) is 4.79 Å². The van der Waals surface area contributed by atoms with Crippen molar-refractivity contribution in [3.63, 3.8) is 0 Å². The topological polar surface area (TPSA) is 76.7 Å². The molecular formula is C28H29N3O4. The minimum atomic E-state index is -0.258. The Balaban J connectivity index is 1.36. The fraction of sp³-hybridized carbons (Fsp3) is 0.286. The van der Waals surface area contributed by atoms with E-state index in [-0.39, 0.29) is 5.56 Å². The molecule has 1 N–H and O–H groups in total. The number of methoxy groups -OCH3 is 2. The smallest absolute Gasteiger partial charge is 0.262 e. The van der Waals surface area contributed by atoms with Crippen molar-refractivity contribution in [3.05, 3.63) is 81.1 Å². The molecule has 1 aromatic heterocycles. The van der Waals surface area contributed by atoms with Crippen LogP contribution in [0.2, 0.25) is 0 Å². The molecular weight excluding hydrogens is 442 g/mol. The van der Waals surface area contributed by atoms with Crippen LogP contribution in [0.15, 0.2) is 53.3 Å². The summed E-state index contributed by atoms with van der Waals surface area (Å²) in [5.74, 6) is 2.37. The lowest BCUT2D eigenvalue weighted by molar-refractivity contribution is 0.210. The molecule has 0 aliphatic carbocycles. The van der Waals surface area contributed by atoms with Crippen LogP contribution in [0.5, 0.6) is 17.2 Å². The Morgan fingerprint density at radius 2 is 1.66 bits per heavy atom. The summed E-state index contributed by atoms with van der Waals surface area (Å²) in [6, 6.07) is 16.0. The molecule has 0 radical (unpaired) electrons. The average Bonchev–Trinajstić information content (AvgIpc) is 3.27. The van der Waals surface area contributed by atoms with Crippen LogP contribution in [0, 0.1) is 13.8 Å². The van der Waals surface area contributed by atoms with Gasteiger partial charge in [-0.1, -0.05) is 24.3 Å². The zero-order chi connectivity index (χ0) is 24.5. The highest BCUT2D eigenvalue weighted by molar-refractivity contribution is 5.87. The summed E-state index contributed by atoms with van der Waals surface area (Å²) in [4.78, 5) is 22.9. The van der Waals surface area contributed by atoms with Crippen LogP contribution in [0.3, 0.4) is 0 Å². The summed E-state index contributed by atoms with van der Waals surface area (Å²) in [6.07, 6.45) is 0. The summed E-state index contributed by atoms with van der Waals surface area (Å²) in [5, 5.41) is 0.398. The van der Waals surface area contributed by atoms with E-state index in [1.807, 2.05) is 26.0 Å². The summed E-state index contributed by atoms with van der Waals surface area (Å²) in [5.41, 5.74) is 5.87. The molecule has 7 heteroatoms. The van der Waals surface area contributed by atoms with Crippen molar-refractivity contribution in [2.45, 2.75) is 26.9 Å². The molecule has 0 spiro atoms. The minimum absolute atomic E-state index is 0.258. The van der Waals surface area contributed by atoms with E-state index in [2.05, 4.69) is 34.1 Å². The zero-order valence-corrected chi connectivity index (χ0v) is 20.5. The van der Waals surface area contributed by atoms with E-state index < -0.39 is 0 Å². The van der Waals surface area contributed by atoms with Crippen LogP contribution >= 0.6 is 0 Å². The average molecular weight is 472 g/mol. The monoisotopic (exact) mass is 471 g/mol. The van der Waals surface area contributed by atoms with E-state index in [0.717, 1.165) is 42.1 Å². The van der Waals surface area contributed by atoms with E-state index in [1.165, 1.54) is 18.2 Å². The normalized spacial score (nSPS) is 13.1. The van der Waals surface area contributed by atoms with Gasteiger partial charge in [-0.2, -0.15) is 0 Å². The minimum Gasteiger partial charge on any atom is -0.497 e. The maximum Gasteiger partial charge on any atom is 0.262 e. The standard InChI is InChI=1S/C28H29N3O4/c1-17-11-21(27-29-23-13-22(33-3)14-24(34-4)25(23)28(32)30-27)12-18(2)26(17)35-10-9-31-15-19-7-5-6-8-20(19)16-31/h5-8,11-14H,9-10,15-16H2,1-4H3,(H,29,30,32). The Morgan fingerprint density at radius 1 is 0.971 bits per heavy atom. The predicted octanol–water partition coefficient (Wildman–Crippen LogP) is 4.62. The molecule has 35 heavy (non-hydrogen) atoms.